The monoisotopic (exact) mass is 396 g/mol. The van der Waals surface area contributed by atoms with E-state index >= 15 is 0 Å². The van der Waals surface area contributed by atoms with E-state index in [4.69, 9.17) is 0 Å². The molecule has 4 rings (SSSR count). The fourth-order valence-corrected chi connectivity index (χ4v) is 8.27. The first kappa shape index (κ1) is 21.4. The van der Waals surface area contributed by atoms with E-state index in [2.05, 4.69) is 65.8 Å². The Morgan fingerprint density at radius 3 is 2.41 bits per heavy atom. The smallest absolute Gasteiger partial charge is 0.137 e. The number of carbonyl (C=O) groups is 1. The summed E-state index contributed by atoms with van der Waals surface area (Å²) < 4.78 is 0. The molecule has 1 nitrogen and oxygen atoms in total. The average molecular weight is 397 g/mol. The number of Topliss-reactive ketones (excluding diaryl/α,β-unsaturated/α-hetero) is 1. The molecule has 162 valence electrons. The van der Waals surface area contributed by atoms with Crippen LogP contribution < -0.4 is 0 Å². The molecule has 0 aromatic carbocycles. The Labute approximate surface area is 179 Å². The van der Waals surface area contributed by atoms with E-state index < -0.39 is 0 Å². The van der Waals surface area contributed by atoms with Gasteiger partial charge in [0.2, 0.25) is 0 Å². The largest absolute Gasteiger partial charge is 0.299 e. The Balaban J connectivity index is 1.55. The fraction of sp³-hybridized carbons (Fsp3) is 0.821. The lowest BCUT2D eigenvalue weighted by molar-refractivity contribution is -0.149. The SMILES string of the molecule is CC(C)C(C)/C=C/[C@@H](C)[C@H]1CC[C@H]2[C@@H]3CC(=O)[C@H]4CC=CC[C@]4(C)[C@H]3CC[C@]12C. The van der Waals surface area contributed by atoms with E-state index in [0.29, 0.717) is 40.8 Å². The van der Waals surface area contributed by atoms with Crippen molar-refractivity contribution in [1.82, 2.24) is 0 Å². The van der Waals surface area contributed by atoms with Crippen molar-refractivity contribution in [2.45, 2.75) is 86.5 Å². The van der Waals surface area contributed by atoms with Gasteiger partial charge in [0.15, 0.2) is 0 Å². The van der Waals surface area contributed by atoms with Gasteiger partial charge in [0.25, 0.3) is 0 Å². The highest BCUT2D eigenvalue weighted by Gasteiger charge is 2.61. The van der Waals surface area contributed by atoms with Crippen LogP contribution in [0.4, 0.5) is 0 Å². The van der Waals surface area contributed by atoms with Gasteiger partial charge in [-0.3, -0.25) is 4.79 Å². The van der Waals surface area contributed by atoms with Crippen LogP contribution in [0.15, 0.2) is 24.3 Å². The minimum atomic E-state index is 0.229. The second-order valence-corrected chi connectivity index (χ2v) is 12.1. The van der Waals surface area contributed by atoms with Crippen molar-refractivity contribution < 1.29 is 4.79 Å². The van der Waals surface area contributed by atoms with Crippen LogP contribution >= 0.6 is 0 Å². The lowest BCUT2D eigenvalue weighted by Gasteiger charge is -2.59. The van der Waals surface area contributed by atoms with Gasteiger partial charge in [0.05, 0.1) is 0 Å². The Hall–Kier alpha value is -0.850. The summed E-state index contributed by atoms with van der Waals surface area (Å²) in [5.74, 6) is 5.87. The third kappa shape index (κ3) is 3.39. The molecular formula is C28H44O. The molecule has 4 aliphatic carbocycles. The molecule has 4 aliphatic rings. The minimum absolute atomic E-state index is 0.229. The van der Waals surface area contributed by atoms with E-state index in [1.807, 2.05) is 0 Å². The normalized spacial score (nSPS) is 46.4. The number of fused-ring (bicyclic) bond motifs is 5. The number of ketones is 1. The molecule has 9 atom stereocenters. The molecule has 1 heteroatoms. The van der Waals surface area contributed by atoms with Crippen molar-refractivity contribution in [3.05, 3.63) is 24.3 Å². The van der Waals surface area contributed by atoms with Gasteiger partial charge in [-0.15, -0.1) is 0 Å². The molecule has 0 N–H and O–H groups in total. The van der Waals surface area contributed by atoms with Crippen LogP contribution in [0.25, 0.3) is 0 Å². The number of allylic oxidation sites excluding steroid dienone is 4. The molecule has 0 amide bonds. The van der Waals surface area contributed by atoms with Crippen molar-refractivity contribution in [3.8, 4) is 0 Å². The summed E-state index contributed by atoms with van der Waals surface area (Å²) in [4.78, 5) is 13.2. The summed E-state index contributed by atoms with van der Waals surface area (Å²) in [6.45, 7) is 14.5. The highest BCUT2D eigenvalue weighted by Crippen LogP contribution is 2.67. The maximum absolute atomic E-state index is 13.2. The average Bonchev–Trinajstić information content (AvgIpc) is 3.03. The van der Waals surface area contributed by atoms with E-state index in [-0.39, 0.29) is 5.41 Å². The van der Waals surface area contributed by atoms with Gasteiger partial charge in [0, 0.05) is 12.3 Å². The number of hydrogen-bond acceptors (Lipinski definition) is 1. The lowest BCUT2D eigenvalue weighted by atomic mass is 9.45. The minimum Gasteiger partial charge on any atom is -0.299 e. The number of rotatable bonds is 4. The van der Waals surface area contributed by atoms with Crippen LogP contribution in [0.5, 0.6) is 0 Å². The van der Waals surface area contributed by atoms with Crippen LogP contribution in [0.3, 0.4) is 0 Å². The van der Waals surface area contributed by atoms with Crippen molar-refractivity contribution in [1.29, 1.82) is 0 Å². The molecule has 0 aromatic heterocycles. The van der Waals surface area contributed by atoms with Crippen LogP contribution in [-0.4, -0.2) is 5.78 Å². The topological polar surface area (TPSA) is 17.1 Å². The molecular weight excluding hydrogens is 352 g/mol. The molecule has 3 fully saturated rings. The van der Waals surface area contributed by atoms with Crippen molar-refractivity contribution in [2.24, 2.45) is 58.2 Å². The molecule has 0 bridgehead atoms. The van der Waals surface area contributed by atoms with Gasteiger partial charge < -0.3 is 0 Å². The van der Waals surface area contributed by atoms with E-state index in [9.17, 15) is 4.79 Å². The predicted molar refractivity (Wildman–Crippen MR) is 122 cm³/mol. The van der Waals surface area contributed by atoms with Crippen LogP contribution in [0.2, 0.25) is 0 Å². The van der Waals surface area contributed by atoms with Gasteiger partial charge in [-0.2, -0.15) is 0 Å². The van der Waals surface area contributed by atoms with E-state index in [1.54, 1.807) is 0 Å². The summed E-state index contributed by atoms with van der Waals surface area (Å²) in [7, 11) is 0. The maximum atomic E-state index is 13.2. The molecule has 3 saturated carbocycles. The number of carbonyl (C=O) groups excluding carboxylic acids is 1. The first-order chi connectivity index (χ1) is 13.7. The highest BCUT2D eigenvalue weighted by atomic mass is 16.1. The van der Waals surface area contributed by atoms with Crippen molar-refractivity contribution >= 4 is 5.78 Å². The number of hydrogen-bond donors (Lipinski definition) is 0. The van der Waals surface area contributed by atoms with E-state index in [1.165, 1.54) is 25.7 Å². The third-order valence-electron chi connectivity index (χ3n) is 10.5. The van der Waals surface area contributed by atoms with E-state index in [0.717, 1.165) is 37.0 Å². The first-order valence-electron chi connectivity index (χ1n) is 12.5. The summed E-state index contributed by atoms with van der Waals surface area (Å²) in [6.07, 6.45) is 18.1. The molecule has 0 spiro atoms. The Morgan fingerprint density at radius 2 is 1.69 bits per heavy atom. The predicted octanol–water partition coefficient (Wildman–Crippen LogP) is 7.47. The van der Waals surface area contributed by atoms with Gasteiger partial charge >= 0.3 is 0 Å². The highest BCUT2D eigenvalue weighted by molar-refractivity contribution is 5.83. The summed E-state index contributed by atoms with van der Waals surface area (Å²) >= 11 is 0. The molecule has 0 heterocycles. The van der Waals surface area contributed by atoms with Gasteiger partial charge in [-0.05, 0) is 90.8 Å². The first-order valence-corrected chi connectivity index (χ1v) is 12.5. The van der Waals surface area contributed by atoms with Gasteiger partial charge in [-0.25, -0.2) is 0 Å². The summed E-state index contributed by atoms with van der Waals surface area (Å²) in [6, 6.07) is 0. The van der Waals surface area contributed by atoms with Crippen LogP contribution in [0.1, 0.15) is 86.5 Å². The molecule has 29 heavy (non-hydrogen) atoms. The van der Waals surface area contributed by atoms with Crippen LogP contribution in [-0.2, 0) is 4.79 Å². The molecule has 0 saturated heterocycles. The van der Waals surface area contributed by atoms with Crippen molar-refractivity contribution in [2.75, 3.05) is 0 Å². The zero-order valence-corrected chi connectivity index (χ0v) is 19.8. The molecule has 1 unspecified atom stereocenters. The molecule has 0 aliphatic heterocycles. The second-order valence-electron chi connectivity index (χ2n) is 12.1. The second kappa shape index (κ2) is 7.69. The van der Waals surface area contributed by atoms with Gasteiger partial charge in [-0.1, -0.05) is 65.8 Å². The fourth-order valence-electron chi connectivity index (χ4n) is 8.27. The summed E-state index contributed by atoms with van der Waals surface area (Å²) in [5, 5.41) is 0. The summed E-state index contributed by atoms with van der Waals surface area (Å²) in [5.41, 5.74) is 0.659. The van der Waals surface area contributed by atoms with Crippen LogP contribution in [0, 0.1) is 58.2 Å². The standard InChI is InChI=1S/C28H44O/c1-18(2)19(3)10-11-20(4)22-12-13-23-21-17-26(29)25-9-7-8-15-27(25,5)24(21)14-16-28(22,23)6/h7-8,10-11,18-25H,9,12-17H2,1-6H3/b11-10+/t19?,20-,21+,22-,23+,24+,25-,27-,28-/m1/s1. The lowest BCUT2D eigenvalue weighted by Crippen LogP contribution is -2.55. The quantitative estimate of drug-likeness (QED) is 0.450. The maximum Gasteiger partial charge on any atom is 0.137 e. The Bertz CT molecular complexity index is 686. The third-order valence-corrected chi connectivity index (χ3v) is 10.5. The molecule has 0 aromatic rings. The van der Waals surface area contributed by atoms with Crippen molar-refractivity contribution in [3.63, 3.8) is 0 Å². The molecule has 0 radical (unpaired) electrons. The van der Waals surface area contributed by atoms with Gasteiger partial charge in [0.1, 0.15) is 5.78 Å². The Kier molecular flexibility index (Phi) is 5.67. The zero-order valence-electron chi connectivity index (χ0n) is 19.8. The zero-order chi connectivity index (χ0) is 21.0. The Morgan fingerprint density at radius 1 is 0.966 bits per heavy atom.